The summed E-state index contributed by atoms with van der Waals surface area (Å²) in [6.07, 6.45) is 28.5. The zero-order valence-electron chi connectivity index (χ0n) is 20.3. The Morgan fingerprint density at radius 3 is 0.793 bits per heavy atom. The molecule has 0 aromatic carbocycles. The Morgan fingerprint density at radius 1 is 0.345 bits per heavy atom. The molecule has 0 aliphatic carbocycles. The molecule has 0 aliphatic rings. The SMILES string of the molecule is CCCCCCCCCCCCCCCCCCC(O)C(O)CCCCCCC. The smallest absolute Gasteiger partial charge is 0.0799 e. The molecule has 0 radical (unpaired) electrons. The van der Waals surface area contributed by atoms with Crippen LogP contribution in [-0.2, 0) is 0 Å². The lowest BCUT2D eigenvalue weighted by molar-refractivity contribution is 0.00712. The lowest BCUT2D eigenvalue weighted by Gasteiger charge is -2.17. The third-order valence-electron chi connectivity index (χ3n) is 6.40. The highest BCUT2D eigenvalue weighted by molar-refractivity contribution is 4.67. The van der Waals surface area contributed by atoms with Crippen LogP contribution in [0.1, 0.15) is 162 Å². The maximum Gasteiger partial charge on any atom is 0.0799 e. The molecule has 0 spiro atoms. The summed E-state index contributed by atoms with van der Waals surface area (Å²) >= 11 is 0. The first kappa shape index (κ1) is 28.9. The van der Waals surface area contributed by atoms with Gasteiger partial charge in [0.15, 0.2) is 0 Å². The van der Waals surface area contributed by atoms with Gasteiger partial charge in [-0.05, 0) is 12.8 Å². The minimum absolute atomic E-state index is 0.507. The van der Waals surface area contributed by atoms with Crippen LogP contribution in [0.4, 0.5) is 0 Å². The van der Waals surface area contributed by atoms with E-state index in [1.54, 1.807) is 0 Å². The van der Waals surface area contributed by atoms with Crippen LogP contribution in [0.15, 0.2) is 0 Å². The molecule has 0 saturated carbocycles. The largest absolute Gasteiger partial charge is 0.390 e. The molecule has 2 atom stereocenters. The fourth-order valence-corrected chi connectivity index (χ4v) is 4.24. The van der Waals surface area contributed by atoms with Crippen LogP contribution in [0.2, 0.25) is 0 Å². The van der Waals surface area contributed by atoms with E-state index < -0.39 is 12.2 Å². The molecule has 2 unspecified atom stereocenters. The molecule has 0 rings (SSSR count). The minimum Gasteiger partial charge on any atom is -0.390 e. The summed E-state index contributed by atoms with van der Waals surface area (Å²) in [5.74, 6) is 0. The predicted molar refractivity (Wildman–Crippen MR) is 130 cm³/mol. The molecule has 0 bridgehead atoms. The van der Waals surface area contributed by atoms with Crippen molar-refractivity contribution in [3.63, 3.8) is 0 Å². The third kappa shape index (κ3) is 22.4. The number of hydrogen-bond donors (Lipinski definition) is 2. The molecular formula is C27H56O2. The van der Waals surface area contributed by atoms with Gasteiger partial charge in [0.1, 0.15) is 0 Å². The van der Waals surface area contributed by atoms with Crippen LogP contribution in [0.3, 0.4) is 0 Å². The Morgan fingerprint density at radius 2 is 0.552 bits per heavy atom. The van der Waals surface area contributed by atoms with Gasteiger partial charge in [-0.3, -0.25) is 0 Å². The van der Waals surface area contributed by atoms with Crippen molar-refractivity contribution >= 4 is 0 Å². The van der Waals surface area contributed by atoms with Crippen molar-refractivity contribution in [3.8, 4) is 0 Å². The van der Waals surface area contributed by atoms with E-state index in [1.807, 2.05) is 0 Å². The van der Waals surface area contributed by atoms with Gasteiger partial charge in [0, 0.05) is 0 Å². The number of unbranched alkanes of at least 4 members (excludes halogenated alkanes) is 19. The van der Waals surface area contributed by atoms with Gasteiger partial charge in [0.2, 0.25) is 0 Å². The Balaban J connectivity index is 3.22. The first-order valence-electron chi connectivity index (χ1n) is 13.6. The molecular weight excluding hydrogens is 356 g/mol. The van der Waals surface area contributed by atoms with E-state index in [2.05, 4.69) is 13.8 Å². The molecule has 0 aromatic rings. The molecule has 0 aliphatic heterocycles. The molecule has 0 heterocycles. The molecule has 0 amide bonds. The van der Waals surface area contributed by atoms with Crippen LogP contribution in [0.25, 0.3) is 0 Å². The second-order valence-corrected chi connectivity index (χ2v) is 9.43. The first-order valence-corrected chi connectivity index (χ1v) is 13.6. The van der Waals surface area contributed by atoms with E-state index in [0.717, 1.165) is 25.7 Å². The molecule has 176 valence electrons. The number of hydrogen-bond acceptors (Lipinski definition) is 2. The summed E-state index contributed by atoms with van der Waals surface area (Å²) in [7, 11) is 0. The quantitative estimate of drug-likeness (QED) is 0.156. The van der Waals surface area contributed by atoms with Crippen LogP contribution in [0, 0.1) is 0 Å². The number of aliphatic hydroxyl groups is 2. The van der Waals surface area contributed by atoms with Crippen LogP contribution >= 0.6 is 0 Å². The summed E-state index contributed by atoms with van der Waals surface area (Å²) in [6.45, 7) is 4.50. The Labute approximate surface area is 184 Å². The normalized spacial score (nSPS) is 13.7. The van der Waals surface area contributed by atoms with E-state index in [0.29, 0.717) is 0 Å². The van der Waals surface area contributed by atoms with Crippen molar-refractivity contribution in [2.75, 3.05) is 0 Å². The van der Waals surface area contributed by atoms with Gasteiger partial charge in [0.25, 0.3) is 0 Å². The third-order valence-corrected chi connectivity index (χ3v) is 6.40. The fourth-order valence-electron chi connectivity index (χ4n) is 4.24. The van der Waals surface area contributed by atoms with Gasteiger partial charge in [-0.1, -0.05) is 149 Å². The van der Waals surface area contributed by atoms with Gasteiger partial charge in [-0.2, -0.15) is 0 Å². The van der Waals surface area contributed by atoms with Gasteiger partial charge < -0.3 is 10.2 Å². The summed E-state index contributed by atoms with van der Waals surface area (Å²) in [6, 6.07) is 0. The summed E-state index contributed by atoms with van der Waals surface area (Å²) < 4.78 is 0. The average Bonchev–Trinajstić information content (AvgIpc) is 2.73. The van der Waals surface area contributed by atoms with Crippen molar-refractivity contribution in [2.45, 2.75) is 174 Å². The van der Waals surface area contributed by atoms with Crippen LogP contribution < -0.4 is 0 Å². The van der Waals surface area contributed by atoms with Crippen molar-refractivity contribution in [1.82, 2.24) is 0 Å². The summed E-state index contributed by atoms with van der Waals surface area (Å²) in [4.78, 5) is 0. The Bertz CT molecular complexity index is 292. The van der Waals surface area contributed by atoms with E-state index in [-0.39, 0.29) is 0 Å². The minimum atomic E-state index is -0.507. The Hall–Kier alpha value is -0.0800. The lowest BCUT2D eigenvalue weighted by Crippen LogP contribution is -2.25. The molecule has 2 N–H and O–H groups in total. The highest BCUT2D eigenvalue weighted by Crippen LogP contribution is 2.16. The van der Waals surface area contributed by atoms with Gasteiger partial charge in [0.05, 0.1) is 12.2 Å². The summed E-state index contributed by atoms with van der Waals surface area (Å²) in [5, 5.41) is 20.1. The zero-order valence-corrected chi connectivity index (χ0v) is 20.3. The van der Waals surface area contributed by atoms with Gasteiger partial charge in [-0.15, -0.1) is 0 Å². The van der Waals surface area contributed by atoms with E-state index in [1.165, 1.54) is 122 Å². The maximum atomic E-state index is 10.1. The summed E-state index contributed by atoms with van der Waals surface area (Å²) in [5.41, 5.74) is 0. The second kappa shape index (κ2) is 24.2. The molecule has 0 fully saturated rings. The second-order valence-electron chi connectivity index (χ2n) is 9.43. The van der Waals surface area contributed by atoms with Gasteiger partial charge in [-0.25, -0.2) is 0 Å². The standard InChI is InChI=1S/C27H56O2/c1-3-5-7-9-10-11-12-13-14-15-16-17-18-19-21-23-25-27(29)26(28)24-22-20-8-6-4-2/h26-29H,3-25H2,1-2H3. The van der Waals surface area contributed by atoms with Crippen LogP contribution in [-0.4, -0.2) is 22.4 Å². The van der Waals surface area contributed by atoms with Crippen molar-refractivity contribution in [1.29, 1.82) is 0 Å². The monoisotopic (exact) mass is 412 g/mol. The van der Waals surface area contributed by atoms with Gasteiger partial charge >= 0.3 is 0 Å². The fraction of sp³-hybridized carbons (Fsp3) is 1.00. The topological polar surface area (TPSA) is 40.5 Å². The maximum absolute atomic E-state index is 10.1. The van der Waals surface area contributed by atoms with Crippen molar-refractivity contribution in [2.24, 2.45) is 0 Å². The van der Waals surface area contributed by atoms with Crippen molar-refractivity contribution < 1.29 is 10.2 Å². The Kier molecular flexibility index (Phi) is 24.1. The number of aliphatic hydroxyl groups excluding tert-OH is 2. The highest BCUT2D eigenvalue weighted by atomic mass is 16.3. The van der Waals surface area contributed by atoms with E-state index in [4.69, 9.17) is 0 Å². The highest BCUT2D eigenvalue weighted by Gasteiger charge is 2.15. The molecule has 0 saturated heterocycles. The number of rotatable bonds is 24. The average molecular weight is 413 g/mol. The first-order chi connectivity index (χ1) is 14.2. The molecule has 2 nitrogen and oxygen atoms in total. The zero-order chi connectivity index (χ0) is 21.4. The van der Waals surface area contributed by atoms with Crippen LogP contribution in [0.5, 0.6) is 0 Å². The molecule has 2 heteroatoms. The molecule has 29 heavy (non-hydrogen) atoms. The van der Waals surface area contributed by atoms with E-state index in [9.17, 15) is 10.2 Å². The van der Waals surface area contributed by atoms with Crippen molar-refractivity contribution in [3.05, 3.63) is 0 Å². The predicted octanol–water partition coefficient (Wildman–Crippen LogP) is 8.72. The van der Waals surface area contributed by atoms with E-state index >= 15 is 0 Å². The molecule has 0 aromatic heterocycles. The lowest BCUT2D eigenvalue weighted by atomic mass is 9.99.